The van der Waals surface area contributed by atoms with Crippen LogP contribution in [0.1, 0.15) is 18.1 Å². The third-order valence-electron chi connectivity index (χ3n) is 3.26. The van der Waals surface area contributed by atoms with Gasteiger partial charge in [0, 0.05) is 30.9 Å². The Hall–Kier alpha value is -1.61. The molecule has 1 heterocycles. The van der Waals surface area contributed by atoms with E-state index in [2.05, 4.69) is 49.3 Å². The summed E-state index contributed by atoms with van der Waals surface area (Å²) < 4.78 is 5.27. The normalized spacial score (nSPS) is 12.7. The first-order chi connectivity index (χ1) is 8.63. The van der Waals surface area contributed by atoms with Crippen molar-refractivity contribution < 1.29 is 4.74 Å². The highest BCUT2D eigenvalue weighted by Crippen LogP contribution is 2.27. The van der Waals surface area contributed by atoms with E-state index in [1.54, 1.807) is 7.11 Å². The van der Waals surface area contributed by atoms with Gasteiger partial charge in [0.2, 0.25) is 0 Å². The molecule has 0 radical (unpaired) electrons. The molecule has 1 aromatic carbocycles. The molecule has 0 bridgehead atoms. The van der Waals surface area contributed by atoms with E-state index in [9.17, 15) is 0 Å². The predicted octanol–water partition coefficient (Wildman–Crippen LogP) is 3.30. The number of nitrogens with zero attached hydrogens (tertiary/aromatic N) is 1. The molecule has 0 saturated carbocycles. The van der Waals surface area contributed by atoms with E-state index < -0.39 is 0 Å². The number of hydrogen-bond acceptors (Lipinski definition) is 3. The van der Waals surface area contributed by atoms with Crippen molar-refractivity contribution in [3.63, 3.8) is 0 Å². The van der Waals surface area contributed by atoms with E-state index >= 15 is 0 Å². The first-order valence-electron chi connectivity index (χ1n) is 6.25. The quantitative estimate of drug-likeness (QED) is 0.896. The summed E-state index contributed by atoms with van der Waals surface area (Å²) in [6.07, 6.45) is 2.12. The van der Waals surface area contributed by atoms with Crippen LogP contribution in [0.2, 0.25) is 0 Å². The summed E-state index contributed by atoms with van der Waals surface area (Å²) >= 11 is 0. The van der Waals surface area contributed by atoms with Crippen molar-refractivity contribution in [1.29, 1.82) is 0 Å². The van der Waals surface area contributed by atoms with Gasteiger partial charge in [-0.05, 0) is 31.9 Å². The minimum atomic E-state index is 0.192. The number of pyridine rings is 1. The average Bonchev–Trinajstić information content (AvgIpc) is 2.37. The molecule has 96 valence electrons. The number of aromatic nitrogens is 1. The third-order valence-corrected chi connectivity index (χ3v) is 3.26. The summed E-state index contributed by atoms with van der Waals surface area (Å²) in [5.74, 6) is 0. The Labute approximate surface area is 108 Å². The van der Waals surface area contributed by atoms with Gasteiger partial charge in [-0.25, -0.2) is 0 Å². The minimum Gasteiger partial charge on any atom is -0.382 e. The molecule has 1 atom stereocenters. The highest BCUT2D eigenvalue weighted by Gasteiger charge is 2.08. The van der Waals surface area contributed by atoms with Gasteiger partial charge in [0.25, 0.3) is 0 Å². The largest absolute Gasteiger partial charge is 0.382 e. The second-order valence-corrected chi connectivity index (χ2v) is 4.71. The van der Waals surface area contributed by atoms with E-state index in [0.717, 1.165) is 23.3 Å². The van der Waals surface area contributed by atoms with Crippen LogP contribution < -0.4 is 5.32 Å². The third kappa shape index (κ3) is 2.46. The maximum atomic E-state index is 5.27. The van der Waals surface area contributed by atoms with Crippen molar-refractivity contribution in [1.82, 2.24) is 4.98 Å². The van der Waals surface area contributed by atoms with Crippen LogP contribution in [0.5, 0.6) is 0 Å². The van der Waals surface area contributed by atoms with Gasteiger partial charge in [-0.1, -0.05) is 18.2 Å². The monoisotopic (exact) mass is 244 g/mol. The van der Waals surface area contributed by atoms with Gasteiger partial charge in [-0.15, -0.1) is 0 Å². The fourth-order valence-electron chi connectivity index (χ4n) is 2.03. The Morgan fingerprint density at radius 1 is 1.28 bits per heavy atom. The summed E-state index contributed by atoms with van der Waals surface area (Å²) in [6, 6.07) is 6.28. The van der Waals surface area contributed by atoms with Crippen molar-refractivity contribution in [3.05, 3.63) is 35.5 Å². The lowest BCUT2D eigenvalue weighted by molar-refractivity contribution is 0.129. The highest BCUT2D eigenvalue weighted by molar-refractivity contribution is 5.94. The molecule has 0 saturated heterocycles. The van der Waals surface area contributed by atoms with E-state index in [-0.39, 0.29) is 6.10 Å². The summed E-state index contributed by atoms with van der Waals surface area (Å²) in [5.41, 5.74) is 4.59. The standard InChI is InChI=1S/C15H20N2O/c1-10-6-5-7-13-14(10)16-8-11(2)15(13)17-9-12(3)18-4/h5-8,12H,9H2,1-4H3,(H,16,17). The van der Waals surface area contributed by atoms with Gasteiger partial charge >= 0.3 is 0 Å². The highest BCUT2D eigenvalue weighted by atomic mass is 16.5. The molecule has 0 amide bonds. The molecular formula is C15H20N2O. The molecule has 3 nitrogen and oxygen atoms in total. The van der Waals surface area contributed by atoms with Gasteiger partial charge in [0.05, 0.1) is 11.6 Å². The second-order valence-electron chi connectivity index (χ2n) is 4.71. The maximum absolute atomic E-state index is 5.27. The fourth-order valence-corrected chi connectivity index (χ4v) is 2.03. The molecule has 0 spiro atoms. The number of para-hydroxylation sites is 1. The zero-order valence-corrected chi connectivity index (χ0v) is 11.4. The van der Waals surface area contributed by atoms with Gasteiger partial charge < -0.3 is 10.1 Å². The zero-order chi connectivity index (χ0) is 13.1. The van der Waals surface area contributed by atoms with Gasteiger partial charge in [0.15, 0.2) is 0 Å². The van der Waals surface area contributed by atoms with Crippen molar-refractivity contribution in [2.75, 3.05) is 19.0 Å². The number of rotatable bonds is 4. The first kappa shape index (κ1) is 12.8. The van der Waals surface area contributed by atoms with Crippen LogP contribution in [0.15, 0.2) is 24.4 Å². The van der Waals surface area contributed by atoms with Gasteiger partial charge in [-0.2, -0.15) is 0 Å². The van der Waals surface area contributed by atoms with Crippen LogP contribution in [0, 0.1) is 13.8 Å². The number of ether oxygens (including phenoxy) is 1. The molecule has 3 heteroatoms. The van der Waals surface area contributed by atoms with Crippen molar-refractivity contribution in [2.24, 2.45) is 0 Å². The van der Waals surface area contributed by atoms with Crippen LogP contribution >= 0.6 is 0 Å². The minimum absolute atomic E-state index is 0.192. The number of hydrogen-bond donors (Lipinski definition) is 1. The summed E-state index contributed by atoms with van der Waals surface area (Å²) in [4.78, 5) is 4.52. The lowest BCUT2D eigenvalue weighted by Crippen LogP contribution is -2.18. The molecule has 0 fully saturated rings. The molecule has 1 N–H and O–H groups in total. The second kappa shape index (κ2) is 5.36. The Morgan fingerprint density at radius 3 is 2.78 bits per heavy atom. The van der Waals surface area contributed by atoms with E-state index in [0.29, 0.717) is 0 Å². The molecule has 2 aromatic rings. The molecule has 2 rings (SSSR count). The predicted molar refractivity (Wildman–Crippen MR) is 76.2 cm³/mol. The van der Waals surface area contributed by atoms with Gasteiger partial charge in [-0.3, -0.25) is 4.98 Å². The summed E-state index contributed by atoms with van der Waals surface area (Å²) in [6.45, 7) is 7.02. The first-order valence-corrected chi connectivity index (χ1v) is 6.25. The van der Waals surface area contributed by atoms with Crippen LogP contribution in [0.25, 0.3) is 10.9 Å². The van der Waals surface area contributed by atoms with Gasteiger partial charge in [0.1, 0.15) is 0 Å². The zero-order valence-electron chi connectivity index (χ0n) is 11.4. The maximum Gasteiger partial charge on any atom is 0.0752 e. The molecule has 1 aromatic heterocycles. The number of methoxy groups -OCH3 is 1. The number of anilines is 1. The smallest absolute Gasteiger partial charge is 0.0752 e. The van der Waals surface area contributed by atoms with Crippen LogP contribution in [0.4, 0.5) is 5.69 Å². The lowest BCUT2D eigenvalue weighted by atomic mass is 10.1. The van der Waals surface area contributed by atoms with E-state index in [1.807, 2.05) is 6.20 Å². The van der Waals surface area contributed by atoms with E-state index in [1.165, 1.54) is 10.9 Å². The number of fused-ring (bicyclic) bond motifs is 1. The van der Waals surface area contributed by atoms with Crippen molar-refractivity contribution >= 4 is 16.6 Å². The van der Waals surface area contributed by atoms with Crippen LogP contribution in [0.3, 0.4) is 0 Å². The van der Waals surface area contributed by atoms with E-state index in [4.69, 9.17) is 4.74 Å². The molecule has 0 aliphatic carbocycles. The van der Waals surface area contributed by atoms with Crippen LogP contribution in [-0.2, 0) is 4.74 Å². The molecular weight excluding hydrogens is 224 g/mol. The SMILES string of the molecule is COC(C)CNc1c(C)cnc2c(C)cccc12. The van der Waals surface area contributed by atoms with Crippen LogP contribution in [-0.4, -0.2) is 24.7 Å². The average molecular weight is 244 g/mol. The Morgan fingerprint density at radius 2 is 2.06 bits per heavy atom. The molecule has 0 aliphatic rings. The Balaban J connectivity index is 2.42. The number of nitrogens with one attached hydrogen (secondary N) is 1. The fraction of sp³-hybridized carbons (Fsp3) is 0.400. The van der Waals surface area contributed by atoms with Crippen molar-refractivity contribution in [2.45, 2.75) is 26.9 Å². The topological polar surface area (TPSA) is 34.1 Å². The molecule has 18 heavy (non-hydrogen) atoms. The van der Waals surface area contributed by atoms with Crippen molar-refractivity contribution in [3.8, 4) is 0 Å². The Bertz CT molecular complexity index is 551. The lowest BCUT2D eigenvalue weighted by Gasteiger charge is -2.16. The summed E-state index contributed by atoms with van der Waals surface area (Å²) in [5, 5.41) is 4.65. The Kier molecular flexibility index (Phi) is 3.82. The summed E-state index contributed by atoms with van der Waals surface area (Å²) in [7, 11) is 1.73. The molecule has 1 unspecified atom stereocenters. The molecule has 0 aliphatic heterocycles. The number of aryl methyl sites for hydroxylation is 2. The number of benzene rings is 1.